The Morgan fingerprint density at radius 1 is 0.971 bits per heavy atom. The van der Waals surface area contributed by atoms with E-state index in [-0.39, 0.29) is 0 Å². The third-order valence-corrected chi connectivity index (χ3v) is 7.42. The first kappa shape index (κ1) is 22.2. The number of anilines is 2. The van der Waals surface area contributed by atoms with Crippen LogP contribution >= 0.6 is 0 Å². The molecule has 1 aliphatic carbocycles. The first-order valence-corrected chi connectivity index (χ1v) is 12.9. The molecule has 4 heterocycles. The number of hydrogen-bond donors (Lipinski definition) is 1. The maximum atomic E-state index is 5.58. The molecule has 1 aromatic carbocycles. The van der Waals surface area contributed by atoms with Crippen molar-refractivity contribution in [1.29, 1.82) is 0 Å². The number of aryl methyl sites for hydroxylation is 1. The van der Waals surface area contributed by atoms with Crippen molar-refractivity contribution in [2.45, 2.75) is 64.0 Å². The van der Waals surface area contributed by atoms with Gasteiger partial charge in [-0.05, 0) is 57.1 Å². The molecule has 6 rings (SSSR count). The molecule has 8 nitrogen and oxygen atoms in total. The molecular formula is C27H33N7O. The third kappa shape index (κ3) is 4.31. The maximum absolute atomic E-state index is 5.58. The van der Waals surface area contributed by atoms with Crippen molar-refractivity contribution in [3.8, 4) is 11.4 Å². The van der Waals surface area contributed by atoms with Gasteiger partial charge in [0, 0.05) is 38.4 Å². The summed E-state index contributed by atoms with van der Waals surface area (Å²) in [5.41, 5.74) is 5.26. The number of aromatic nitrogens is 5. The van der Waals surface area contributed by atoms with Gasteiger partial charge in [0.15, 0.2) is 5.65 Å². The summed E-state index contributed by atoms with van der Waals surface area (Å²) in [6.07, 6.45) is 7.94. The lowest BCUT2D eigenvalue weighted by molar-refractivity contribution is 0.0681. The van der Waals surface area contributed by atoms with Crippen LogP contribution in [0.5, 0.6) is 0 Å². The molecule has 2 aliphatic rings. The summed E-state index contributed by atoms with van der Waals surface area (Å²) in [6, 6.07) is 12.7. The number of para-hydroxylation sites is 2. The zero-order chi connectivity index (χ0) is 23.8. The Kier molecular flexibility index (Phi) is 5.98. The van der Waals surface area contributed by atoms with Gasteiger partial charge in [0.1, 0.15) is 23.0 Å². The van der Waals surface area contributed by atoms with Gasteiger partial charge in [0.25, 0.3) is 0 Å². The second-order valence-corrected chi connectivity index (χ2v) is 9.71. The Bertz CT molecular complexity index is 1340. The first-order valence-electron chi connectivity index (χ1n) is 12.9. The molecule has 0 radical (unpaired) electrons. The van der Waals surface area contributed by atoms with Crippen LogP contribution in [0.25, 0.3) is 28.1 Å². The molecule has 1 aliphatic heterocycles. The standard InChI is InChI=1S/C27H33N7O/c1-3-20-27(30-22-9-5-4-8-21(22)29-20)23-16-25-31-24(33-14-6-7-15-33)17-26(34(25)32-23)28-18-10-12-19(35-2)13-11-18/h4-5,8-9,16-19,28H,3,6-7,10-15H2,1-2H3. The Balaban J connectivity index is 1.42. The minimum absolute atomic E-state index is 0.376. The quantitative estimate of drug-likeness (QED) is 0.430. The summed E-state index contributed by atoms with van der Waals surface area (Å²) in [5, 5.41) is 8.81. The molecule has 35 heavy (non-hydrogen) atoms. The van der Waals surface area contributed by atoms with Gasteiger partial charge in [0.05, 0.1) is 22.8 Å². The number of nitrogens with one attached hydrogen (secondary N) is 1. The largest absolute Gasteiger partial charge is 0.381 e. The Labute approximate surface area is 205 Å². The Morgan fingerprint density at radius 2 is 1.71 bits per heavy atom. The maximum Gasteiger partial charge on any atom is 0.160 e. The highest BCUT2D eigenvalue weighted by Gasteiger charge is 2.24. The van der Waals surface area contributed by atoms with E-state index in [0.29, 0.717) is 12.1 Å². The Hall–Kier alpha value is -3.26. The van der Waals surface area contributed by atoms with E-state index >= 15 is 0 Å². The molecule has 0 atom stereocenters. The highest BCUT2D eigenvalue weighted by molar-refractivity contribution is 5.78. The van der Waals surface area contributed by atoms with Crippen LogP contribution < -0.4 is 10.2 Å². The second kappa shape index (κ2) is 9.41. The molecule has 3 aromatic heterocycles. The predicted octanol–water partition coefficient (Wildman–Crippen LogP) is 4.87. The smallest absolute Gasteiger partial charge is 0.160 e. The molecule has 1 saturated heterocycles. The molecule has 4 aromatic rings. The highest BCUT2D eigenvalue weighted by Crippen LogP contribution is 2.30. The van der Waals surface area contributed by atoms with Gasteiger partial charge in [-0.2, -0.15) is 9.61 Å². The highest BCUT2D eigenvalue weighted by atomic mass is 16.5. The van der Waals surface area contributed by atoms with E-state index in [9.17, 15) is 0 Å². The third-order valence-electron chi connectivity index (χ3n) is 7.42. The van der Waals surface area contributed by atoms with Crippen molar-refractivity contribution < 1.29 is 4.74 Å². The second-order valence-electron chi connectivity index (χ2n) is 9.71. The average molecular weight is 472 g/mol. The molecule has 2 fully saturated rings. The van der Waals surface area contributed by atoms with Crippen LogP contribution in [0.3, 0.4) is 0 Å². The predicted molar refractivity (Wildman–Crippen MR) is 139 cm³/mol. The van der Waals surface area contributed by atoms with E-state index in [4.69, 9.17) is 24.8 Å². The lowest BCUT2D eigenvalue weighted by Gasteiger charge is -2.29. The summed E-state index contributed by atoms with van der Waals surface area (Å²) in [5.74, 6) is 2.02. The summed E-state index contributed by atoms with van der Waals surface area (Å²) in [6.45, 7) is 4.22. The summed E-state index contributed by atoms with van der Waals surface area (Å²) in [7, 11) is 1.82. The molecule has 0 unspecified atom stereocenters. The van der Waals surface area contributed by atoms with Gasteiger partial charge < -0.3 is 15.0 Å². The summed E-state index contributed by atoms with van der Waals surface area (Å²) >= 11 is 0. The average Bonchev–Trinajstić information content (AvgIpc) is 3.59. The monoisotopic (exact) mass is 471 g/mol. The van der Waals surface area contributed by atoms with E-state index in [2.05, 4.69) is 29.3 Å². The van der Waals surface area contributed by atoms with E-state index in [1.54, 1.807) is 0 Å². The number of methoxy groups -OCH3 is 1. The van der Waals surface area contributed by atoms with Gasteiger partial charge in [-0.3, -0.25) is 0 Å². The SMILES string of the molecule is CCc1nc2ccccc2nc1-c1cc2nc(N3CCCC3)cc(NC3CCC(OC)CC3)n2n1. The number of nitrogens with zero attached hydrogens (tertiary/aromatic N) is 6. The number of hydrogen-bond acceptors (Lipinski definition) is 7. The van der Waals surface area contributed by atoms with E-state index in [1.165, 1.54) is 12.8 Å². The van der Waals surface area contributed by atoms with Crippen molar-refractivity contribution in [2.24, 2.45) is 0 Å². The van der Waals surface area contributed by atoms with Crippen molar-refractivity contribution in [3.05, 3.63) is 42.1 Å². The first-order chi connectivity index (χ1) is 17.2. The zero-order valence-corrected chi connectivity index (χ0v) is 20.6. The molecule has 182 valence electrons. The van der Waals surface area contributed by atoms with Gasteiger partial charge in [-0.25, -0.2) is 15.0 Å². The number of rotatable bonds is 6. The van der Waals surface area contributed by atoms with Crippen LogP contribution in [-0.2, 0) is 11.2 Å². The minimum Gasteiger partial charge on any atom is -0.381 e. The van der Waals surface area contributed by atoms with Crippen LogP contribution in [0.2, 0.25) is 0 Å². The van der Waals surface area contributed by atoms with Crippen LogP contribution in [0, 0.1) is 0 Å². The fraction of sp³-hybridized carbons (Fsp3) is 0.481. The van der Waals surface area contributed by atoms with Crippen LogP contribution in [-0.4, -0.2) is 56.9 Å². The van der Waals surface area contributed by atoms with E-state index < -0.39 is 0 Å². The fourth-order valence-electron chi connectivity index (χ4n) is 5.43. The summed E-state index contributed by atoms with van der Waals surface area (Å²) < 4.78 is 7.53. The van der Waals surface area contributed by atoms with Crippen LogP contribution in [0.1, 0.15) is 51.1 Å². The van der Waals surface area contributed by atoms with Crippen LogP contribution in [0.15, 0.2) is 36.4 Å². The molecule has 0 bridgehead atoms. The van der Waals surface area contributed by atoms with Crippen molar-refractivity contribution in [2.75, 3.05) is 30.4 Å². The molecule has 8 heteroatoms. The molecule has 0 amide bonds. The van der Waals surface area contributed by atoms with Gasteiger partial charge in [-0.1, -0.05) is 19.1 Å². The van der Waals surface area contributed by atoms with Gasteiger partial charge >= 0.3 is 0 Å². The van der Waals surface area contributed by atoms with E-state index in [0.717, 1.165) is 90.6 Å². The van der Waals surface area contributed by atoms with Gasteiger partial charge in [0.2, 0.25) is 0 Å². The lowest BCUT2D eigenvalue weighted by atomic mass is 9.93. The summed E-state index contributed by atoms with van der Waals surface area (Å²) in [4.78, 5) is 17.2. The van der Waals surface area contributed by atoms with E-state index in [1.807, 2.05) is 35.9 Å². The molecular weight excluding hydrogens is 438 g/mol. The normalized spacial score (nSPS) is 20.7. The molecule has 1 saturated carbocycles. The lowest BCUT2D eigenvalue weighted by Crippen LogP contribution is -2.30. The number of benzene rings is 1. The van der Waals surface area contributed by atoms with Crippen molar-refractivity contribution >= 4 is 28.3 Å². The fourth-order valence-corrected chi connectivity index (χ4v) is 5.43. The minimum atomic E-state index is 0.376. The topological polar surface area (TPSA) is 80.5 Å². The molecule has 0 spiro atoms. The number of fused-ring (bicyclic) bond motifs is 2. The van der Waals surface area contributed by atoms with Crippen molar-refractivity contribution in [3.63, 3.8) is 0 Å². The van der Waals surface area contributed by atoms with Crippen molar-refractivity contribution in [1.82, 2.24) is 24.6 Å². The molecule has 1 N–H and O–H groups in total. The zero-order valence-electron chi connectivity index (χ0n) is 20.6. The number of ether oxygens (including phenoxy) is 1. The van der Waals surface area contributed by atoms with Gasteiger partial charge in [-0.15, -0.1) is 0 Å². The Morgan fingerprint density at radius 3 is 2.43 bits per heavy atom. The van der Waals surface area contributed by atoms with Crippen LogP contribution in [0.4, 0.5) is 11.6 Å².